The fourth-order valence-corrected chi connectivity index (χ4v) is 2.48. The van der Waals surface area contributed by atoms with Crippen LogP contribution in [0.15, 0.2) is 0 Å². The van der Waals surface area contributed by atoms with Crippen LogP contribution in [0, 0.1) is 0 Å². The van der Waals surface area contributed by atoms with E-state index in [1.165, 1.54) is 0 Å². The van der Waals surface area contributed by atoms with E-state index in [1.807, 2.05) is 13.1 Å². The highest BCUT2D eigenvalue weighted by Crippen LogP contribution is 2.37. The van der Waals surface area contributed by atoms with Crippen LogP contribution in [-0.2, 0) is 14.0 Å². The van der Waals surface area contributed by atoms with Crippen molar-refractivity contribution in [2.75, 3.05) is 0 Å². The normalized spacial score (nSPS) is 16.9. The average molecular weight is 290 g/mol. The fraction of sp³-hybridized carbons (Fsp3) is 0.929. The molecule has 1 N–H and O–H groups in total. The lowest BCUT2D eigenvalue weighted by molar-refractivity contribution is -0.169. The molecule has 0 saturated carbocycles. The van der Waals surface area contributed by atoms with Crippen LogP contribution in [-0.4, -0.2) is 37.2 Å². The molecule has 0 amide bonds. The van der Waals surface area contributed by atoms with Crippen molar-refractivity contribution >= 4 is 14.3 Å². The van der Waals surface area contributed by atoms with Crippen molar-refractivity contribution in [2.24, 2.45) is 0 Å². The van der Waals surface area contributed by atoms with Crippen LogP contribution in [0.4, 0.5) is 0 Å². The van der Waals surface area contributed by atoms with Gasteiger partial charge in [-0.3, -0.25) is 0 Å². The molecule has 0 rings (SSSR count). The Balaban J connectivity index is 5.01. The maximum Gasteiger partial charge on any atom is 0.337 e. The lowest BCUT2D eigenvalue weighted by Crippen LogP contribution is -2.50. The number of rotatable bonds is 4. The van der Waals surface area contributed by atoms with Gasteiger partial charge in [0.15, 0.2) is 14.4 Å². The van der Waals surface area contributed by atoms with Crippen molar-refractivity contribution in [3.05, 3.63) is 0 Å². The zero-order valence-electron chi connectivity index (χ0n) is 13.8. The smallest absolute Gasteiger partial charge is 0.337 e. The van der Waals surface area contributed by atoms with E-state index in [-0.39, 0.29) is 5.04 Å². The van der Waals surface area contributed by atoms with Crippen molar-refractivity contribution in [1.82, 2.24) is 0 Å². The molecule has 0 aromatic rings. The van der Waals surface area contributed by atoms with Crippen molar-refractivity contribution < 1.29 is 19.1 Å². The first-order valence-electron chi connectivity index (χ1n) is 6.76. The first-order chi connectivity index (χ1) is 8.17. The lowest BCUT2D eigenvalue weighted by Gasteiger charge is -2.39. The SMILES string of the molecule is CC(O)C(O[Si](C)(C)C(C)(C)C)C(=O)OC(C)(C)C. The third-order valence-corrected chi connectivity index (χ3v) is 7.76. The summed E-state index contributed by atoms with van der Waals surface area (Å²) in [6.07, 6.45) is -1.80. The fourth-order valence-electron chi connectivity index (χ4n) is 1.20. The molecule has 0 aliphatic rings. The van der Waals surface area contributed by atoms with E-state index in [2.05, 4.69) is 20.8 Å². The van der Waals surface area contributed by atoms with Crippen LogP contribution in [0.5, 0.6) is 0 Å². The van der Waals surface area contributed by atoms with E-state index in [4.69, 9.17) is 9.16 Å². The van der Waals surface area contributed by atoms with Gasteiger partial charge in [-0.15, -0.1) is 0 Å². The number of hydrogen-bond acceptors (Lipinski definition) is 4. The quantitative estimate of drug-likeness (QED) is 0.638. The second-order valence-electron chi connectivity index (χ2n) is 7.57. The van der Waals surface area contributed by atoms with Gasteiger partial charge in [0.05, 0.1) is 6.10 Å². The number of esters is 1. The van der Waals surface area contributed by atoms with Gasteiger partial charge in [0, 0.05) is 0 Å². The molecule has 4 nitrogen and oxygen atoms in total. The van der Waals surface area contributed by atoms with E-state index in [1.54, 1.807) is 27.7 Å². The second kappa shape index (κ2) is 5.93. The van der Waals surface area contributed by atoms with Crippen molar-refractivity contribution in [1.29, 1.82) is 0 Å². The molecule has 0 fully saturated rings. The molecule has 0 aromatic carbocycles. The monoisotopic (exact) mass is 290 g/mol. The second-order valence-corrected chi connectivity index (χ2v) is 12.3. The number of aliphatic hydroxyl groups is 1. The van der Waals surface area contributed by atoms with Gasteiger partial charge in [-0.25, -0.2) is 4.79 Å². The number of hydrogen-bond donors (Lipinski definition) is 1. The zero-order valence-corrected chi connectivity index (χ0v) is 14.8. The van der Waals surface area contributed by atoms with Crippen LogP contribution in [0.3, 0.4) is 0 Å². The molecule has 0 saturated heterocycles. The minimum absolute atomic E-state index is 0.0256. The third kappa shape index (κ3) is 6.06. The summed E-state index contributed by atoms with van der Waals surface area (Å²) in [5.74, 6) is -0.493. The molecule has 0 radical (unpaired) electrons. The summed E-state index contributed by atoms with van der Waals surface area (Å²) in [6, 6.07) is 0. The van der Waals surface area contributed by atoms with E-state index in [9.17, 15) is 9.90 Å². The van der Waals surface area contributed by atoms with Crippen LogP contribution in [0.1, 0.15) is 48.5 Å². The number of ether oxygens (including phenoxy) is 1. The summed E-state index contributed by atoms with van der Waals surface area (Å²) in [5.41, 5.74) is -0.582. The highest BCUT2D eigenvalue weighted by Gasteiger charge is 2.43. The Labute approximate surface area is 118 Å². The average Bonchev–Trinajstić information content (AvgIpc) is 2.08. The Kier molecular flexibility index (Phi) is 5.81. The van der Waals surface area contributed by atoms with Gasteiger partial charge in [0.1, 0.15) is 5.60 Å². The van der Waals surface area contributed by atoms with Crippen molar-refractivity contribution in [3.8, 4) is 0 Å². The highest BCUT2D eigenvalue weighted by atomic mass is 28.4. The van der Waals surface area contributed by atoms with E-state index in [0.29, 0.717) is 0 Å². The molecule has 5 heteroatoms. The Morgan fingerprint density at radius 3 is 1.79 bits per heavy atom. The molecule has 0 spiro atoms. The van der Waals surface area contributed by atoms with Crippen LogP contribution < -0.4 is 0 Å². The third-order valence-electron chi connectivity index (χ3n) is 3.31. The van der Waals surface area contributed by atoms with Gasteiger partial charge in [-0.05, 0) is 45.8 Å². The summed E-state index contributed by atoms with van der Waals surface area (Å²) >= 11 is 0. The van der Waals surface area contributed by atoms with E-state index < -0.39 is 32.1 Å². The predicted octanol–water partition coefficient (Wildman–Crippen LogP) is 3.10. The summed E-state index contributed by atoms with van der Waals surface area (Å²) in [6.45, 7) is 17.3. The van der Waals surface area contributed by atoms with Crippen molar-refractivity contribution in [3.63, 3.8) is 0 Å². The maximum atomic E-state index is 12.1. The maximum absolute atomic E-state index is 12.1. The Hall–Kier alpha value is -0.393. The molecular formula is C14H30O4Si. The van der Waals surface area contributed by atoms with Gasteiger partial charge in [-0.2, -0.15) is 0 Å². The Morgan fingerprint density at radius 2 is 1.53 bits per heavy atom. The first kappa shape index (κ1) is 18.6. The van der Waals surface area contributed by atoms with Crippen LogP contribution in [0.2, 0.25) is 18.1 Å². The summed E-state index contributed by atoms with van der Waals surface area (Å²) in [7, 11) is -2.13. The van der Waals surface area contributed by atoms with Crippen LogP contribution in [0.25, 0.3) is 0 Å². The van der Waals surface area contributed by atoms with E-state index >= 15 is 0 Å². The minimum atomic E-state index is -2.13. The summed E-state index contributed by atoms with van der Waals surface area (Å²) < 4.78 is 11.3. The molecule has 0 aliphatic heterocycles. The molecule has 0 heterocycles. The van der Waals surface area contributed by atoms with Gasteiger partial charge < -0.3 is 14.3 Å². The van der Waals surface area contributed by atoms with E-state index in [0.717, 1.165) is 0 Å². The Morgan fingerprint density at radius 1 is 1.11 bits per heavy atom. The largest absolute Gasteiger partial charge is 0.458 e. The number of aliphatic hydroxyl groups excluding tert-OH is 1. The molecule has 0 aromatic heterocycles. The molecule has 0 bridgehead atoms. The van der Waals surface area contributed by atoms with Gasteiger partial charge in [0.2, 0.25) is 0 Å². The molecule has 114 valence electrons. The van der Waals surface area contributed by atoms with Gasteiger partial charge in [0.25, 0.3) is 0 Å². The topological polar surface area (TPSA) is 55.8 Å². The first-order valence-corrected chi connectivity index (χ1v) is 9.67. The zero-order chi connectivity index (χ0) is 15.6. The van der Waals surface area contributed by atoms with Crippen LogP contribution >= 0.6 is 0 Å². The molecule has 2 unspecified atom stereocenters. The minimum Gasteiger partial charge on any atom is -0.458 e. The summed E-state index contributed by atoms with van der Waals surface area (Å²) in [5, 5.41) is 9.78. The number of carbonyl (C=O) groups is 1. The molecule has 19 heavy (non-hydrogen) atoms. The standard InChI is InChI=1S/C14H30O4Si/c1-10(15)11(12(16)17-13(2,3)4)18-19(8,9)14(5,6)7/h10-11,15H,1-9H3. The molecule has 0 aliphatic carbocycles. The summed E-state index contributed by atoms with van der Waals surface area (Å²) in [4.78, 5) is 12.1. The Bertz CT molecular complexity index is 310. The molecule has 2 atom stereocenters. The van der Waals surface area contributed by atoms with Gasteiger partial charge in [-0.1, -0.05) is 20.8 Å². The predicted molar refractivity (Wildman–Crippen MR) is 79.6 cm³/mol. The lowest BCUT2D eigenvalue weighted by atomic mass is 10.2. The number of carbonyl (C=O) groups excluding carboxylic acids is 1. The highest BCUT2D eigenvalue weighted by molar-refractivity contribution is 6.74. The molecular weight excluding hydrogens is 260 g/mol. The van der Waals surface area contributed by atoms with Gasteiger partial charge >= 0.3 is 5.97 Å². The van der Waals surface area contributed by atoms with Crippen molar-refractivity contribution in [2.45, 2.75) is 84.4 Å².